The third kappa shape index (κ3) is 5.10. The van der Waals surface area contributed by atoms with Crippen LogP contribution in [-0.4, -0.2) is 20.7 Å². The van der Waals surface area contributed by atoms with Gasteiger partial charge in [-0.15, -0.1) is 0 Å². The highest BCUT2D eigenvalue weighted by Crippen LogP contribution is 2.17. The summed E-state index contributed by atoms with van der Waals surface area (Å²) in [4.78, 5) is 2.33. The number of hydrazone groups is 1. The van der Waals surface area contributed by atoms with Crippen molar-refractivity contribution in [3.05, 3.63) is 59.7 Å². The average Bonchev–Trinajstić information content (AvgIpc) is 2.49. The monoisotopic (exact) mass is 332 g/mol. The van der Waals surface area contributed by atoms with E-state index in [0.29, 0.717) is 5.75 Å². The molecule has 6 heteroatoms. The van der Waals surface area contributed by atoms with Gasteiger partial charge in [0, 0.05) is 0 Å². The number of sulfonamides is 1. The largest absolute Gasteiger partial charge is 0.491 e. The molecule has 2 aromatic carbocycles. The highest BCUT2D eigenvalue weighted by Gasteiger charge is 2.12. The molecule has 0 fully saturated rings. The van der Waals surface area contributed by atoms with Crippen molar-refractivity contribution >= 4 is 16.2 Å². The van der Waals surface area contributed by atoms with E-state index in [4.69, 9.17) is 4.74 Å². The van der Waals surface area contributed by atoms with Gasteiger partial charge in [0.2, 0.25) is 0 Å². The molecule has 0 unspecified atom stereocenters. The number of aryl methyl sites for hydroxylation is 1. The predicted molar refractivity (Wildman–Crippen MR) is 91.3 cm³/mol. The second-order valence-corrected chi connectivity index (χ2v) is 7.06. The molecule has 0 saturated carbocycles. The van der Waals surface area contributed by atoms with Crippen LogP contribution in [0.4, 0.5) is 0 Å². The van der Waals surface area contributed by atoms with Gasteiger partial charge in [-0.2, -0.15) is 13.5 Å². The maximum absolute atomic E-state index is 12.1. The molecule has 5 nitrogen and oxygen atoms in total. The zero-order chi connectivity index (χ0) is 16.9. The molecule has 0 aliphatic carbocycles. The third-order valence-corrected chi connectivity index (χ3v) is 4.21. The molecule has 0 atom stereocenters. The Balaban J connectivity index is 2.05. The predicted octanol–water partition coefficient (Wildman–Crippen LogP) is 3.09. The van der Waals surface area contributed by atoms with E-state index in [1.54, 1.807) is 12.1 Å². The number of rotatable bonds is 6. The molecule has 1 N–H and O–H groups in total. The summed E-state index contributed by atoms with van der Waals surface area (Å²) in [6.45, 7) is 5.80. The van der Waals surface area contributed by atoms with Crippen LogP contribution in [0.2, 0.25) is 0 Å². The van der Waals surface area contributed by atoms with Crippen LogP contribution in [0, 0.1) is 6.92 Å². The van der Waals surface area contributed by atoms with Gasteiger partial charge in [-0.25, -0.2) is 4.83 Å². The van der Waals surface area contributed by atoms with Gasteiger partial charge in [0.15, 0.2) is 0 Å². The summed E-state index contributed by atoms with van der Waals surface area (Å²) in [5.41, 5.74) is 1.95. The van der Waals surface area contributed by atoms with Crippen LogP contribution >= 0.6 is 0 Å². The first kappa shape index (κ1) is 17.0. The van der Waals surface area contributed by atoms with E-state index in [1.165, 1.54) is 18.3 Å². The molecule has 0 aromatic heterocycles. The van der Waals surface area contributed by atoms with Gasteiger partial charge in [0.05, 0.1) is 17.2 Å². The SMILES string of the molecule is Cc1ccc(/C=N/NS(=O)(=O)c2ccc(OC(C)C)cc2)cc1. The lowest BCUT2D eigenvalue weighted by Crippen LogP contribution is -2.18. The van der Waals surface area contributed by atoms with Crippen molar-refractivity contribution in [2.24, 2.45) is 5.10 Å². The van der Waals surface area contributed by atoms with E-state index in [9.17, 15) is 8.42 Å². The molecule has 0 bridgehead atoms. The van der Waals surface area contributed by atoms with Crippen LogP contribution in [0.5, 0.6) is 5.75 Å². The fourth-order valence-corrected chi connectivity index (χ4v) is 2.64. The average molecular weight is 332 g/mol. The highest BCUT2D eigenvalue weighted by atomic mass is 32.2. The minimum atomic E-state index is -3.69. The van der Waals surface area contributed by atoms with E-state index in [-0.39, 0.29) is 11.0 Å². The Hall–Kier alpha value is -2.34. The molecule has 0 spiro atoms. The number of nitrogens with one attached hydrogen (secondary N) is 1. The fraction of sp³-hybridized carbons (Fsp3) is 0.235. The van der Waals surface area contributed by atoms with E-state index in [1.807, 2.05) is 45.0 Å². The fourth-order valence-electron chi connectivity index (χ4n) is 1.85. The molecule has 0 aliphatic heterocycles. The Morgan fingerprint density at radius 1 is 1.04 bits per heavy atom. The van der Waals surface area contributed by atoms with Gasteiger partial charge in [-0.05, 0) is 50.6 Å². The van der Waals surface area contributed by atoms with E-state index in [0.717, 1.165) is 11.1 Å². The molecule has 23 heavy (non-hydrogen) atoms. The quantitative estimate of drug-likeness (QED) is 0.653. The molecule has 2 aromatic rings. The van der Waals surface area contributed by atoms with Gasteiger partial charge in [0.25, 0.3) is 10.0 Å². The topological polar surface area (TPSA) is 67.8 Å². The number of hydrogen-bond acceptors (Lipinski definition) is 4. The summed E-state index contributed by atoms with van der Waals surface area (Å²) in [7, 11) is -3.69. The molecule has 122 valence electrons. The Morgan fingerprint density at radius 3 is 2.22 bits per heavy atom. The van der Waals surface area contributed by atoms with Crippen molar-refractivity contribution in [2.75, 3.05) is 0 Å². The van der Waals surface area contributed by atoms with Crippen LogP contribution in [0.3, 0.4) is 0 Å². The molecular formula is C17H20N2O3S. The Morgan fingerprint density at radius 2 is 1.65 bits per heavy atom. The molecule has 0 aliphatic rings. The normalized spacial score (nSPS) is 11.8. The second-order valence-electron chi connectivity index (χ2n) is 5.40. The number of ether oxygens (including phenoxy) is 1. The lowest BCUT2D eigenvalue weighted by molar-refractivity contribution is 0.242. The molecule has 0 radical (unpaired) electrons. The third-order valence-electron chi connectivity index (χ3n) is 2.97. The smallest absolute Gasteiger partial charge is 0.276 e. The summed E-state index contributed by atoms with van der Waals surface area (Å²) in [6, 6.07) is 13.8. The first-order valence-electron chi connectivity index (χ1n) is 7.25. The minimum absolute atomic E-state index is 0.0368. The van der Waals surface area contributed by atoms with Crippen molar-refractivity contribution in [1.29, 1.82) is 0 Å². The summed E-state index contributed by atoms with van der Waals surface area (Å²) >= 11 is 0. The van der Waals surface area contributed by atoms with Crippen molar-refractivity contribution in [3.8, 4) is 5.75 Å². The Bertz CT molecular complexity index is 764. The standard InChI is InChI=1S/C17H20N2O3S/c1-13(2)22-16-8-10-17(11-9-16)23(20,21)19-18-12-15-6-4-14(3)5-7-15/h4-13,19H,1-3H3/b18-12+. The molecular weight excluding hydrogens is 312 g/mol. The van der Waals surface area contributed by atoms with Crippen molar-refractivity contribution in [1.82, 2.24) is 4.83 Å². The highest BCUT2D eigenvalue weighted by molar-refractivity contribution is 7.89. The van der Waals surface area contributed by atoms with Gasteiger partial charge < -0.3 is 4.74 Å². The lowest BCUT2D eigenvalue weighted by Gasteiger charge is -2.10. The first-order chi connectivity index (χ1) is 10.9. The van der Waals surface area contributed by atoms with Crippen molar-refractivity contribution in [2.45, 2.75) is 31.8 Å². The van der Waals surface area contributed by atoms with Crippen molar-refractivity contribution < 1.29 is 13.2 Å². The first-order valence-corrected chi connectivity index (χ1v) is 8.73. The summed E-state index contributed by atoms with van der Waals surface area (Å²) in [6.07, 6.45) is 1.50. The van der Waals surface area contributed by atoms with Crippen LogP contribution in [0.15, 0.2) is 58.5 Å². The zero-order valence-electron chi connectivity index (χ0n) is 13.4. The van der Waals surface area contributed by atoms with Gasteiger partial charge in [0.1, 0.15) is 5.75 Å². The molecule has 0 amide bonds. The maximum Gasteiger partial charge on any atom is 0.276 e. The molecule has 0 saturated heterocycles. The number of benzene rings is 2. The Kier molecular flexibility index (Phi) is 5.39. The van der Waals surface area contributed by atoms with Crippen LogP contribution in [0.25, 0.3) is 0 Å². The molecule has 0 heterocycles. The lowest BCUT2D eigenvalue weighted by atomic mass is 10.2. The maximum atomic E-state index is 12.1. The van der Waals surface area contributed by atoms with Crippen LogP contribution in [0.1, 0.15) is 25.0 Å². The van der Waals surface area contributed by atoms with Gasteiger partial charge in [-0.3, -0.25) is 0 Å². The van der Waals surface area contributed by atoms with Crippen LogP contribution in [-0.2, 0) is 10.0 Å². The summed E-state index contributed by atoms with van der Waals surface area (Å²) in [5, 5.41) is 3.80. The second kappa shape index (κ2) is 7.28. The van der Waals surface area contributed by atoms with Gasteiger partial charge in [-0.1, -0.05) is 29.8 Å². The van der Waals surface area contributed by atoms with E-state index < -0.39 is 10.0 Å². The summed E-state index contributed by atoms with van der Waals surface area (Å²) < 4.78 is 29.8. The van der Waals surface area contributed by atoms with Gasteiger partial charge >= 0.3 is 0 Å². The minimum Gasteiger partial charge on any atom is -0.491 e. The van der Waals surface area contributed by atoms with Crippen molar-refractivity contribution in [3.63, 3.8) is 0 Å². The zero-order valence-corrected chi connectivity index (χ0v) is 14.2. The van der Waals surface area contributed by atoms with E-state index >= 15 is 0 Å². The Labute approximate surface area is 137 Å². The molecule has 2 rings (SSSR count). The number of hydrogen-bond donors (Lipinski definition) is 1. The van der Waals surface area contributed by atoms with E-state index in [2.05, 4.69) is 9.93 Å². The van der Waals surface area contributed by atoms with Crippen LogP contribution < -0.4 is 9.57 Å². The number of nitrogens with zero attached hydrogens (tertiary/aromatic N) is 1. The summed E-state index contributed by atoms with van der Waals surface area (Å²) in [5.74, 6) is 0.627.